The van der Waals surface area contributed by atoms with Crippen LogP contribution in [0.15, 0.2) is 30.7 Å². The van der Waals surface area contributed by atoms with Crippen molar-refractivity contribution in [3.8, 4) is 11.4 Å². The molecule has 1 unspecified atom stereocenters. The Bertz CT molecular complexity index is 1430. The van der Waals surface area contributed by atoms with Crippen molar-refractivity contribution in [3.63, 3.8) is 0 Å². The van der Waals surface area contributed by atoms with Gasteiger partial charge in [0.1, 0.15) is 23.7 Å². The lowest BCUT2D eigenvalue weighted by atomic mass is 10.2. The van der Waals surface area contributed by atoms with E-state index in [0.29, 0.717) is 10.7 Å². The van der Waals surface area contributed by atoms with E-state index in [4.69, 9.17) is 4.74 Å². The molecule has 1 aliphatic heterocycles. The van der Waals surface area contributed by atoms with E-state index in [2.05, 4.69) is 15.1 Å². The average Bonchev–Trinajstić information content (AvgIpc) is 3.27. The minimum Gasteiger partial charge on any atom is -0.389 e. The SMILES string of the molecule is O=C(c1cc2c(cn1)c(-c1cnc3c(F)cc(F)cn13)nn2CC(F)(F)F)N1CCOCC(O)C1. The summed E-state index contributed by atoms with van der Waals surface area (Å²) in [6.07, 6.45) is -2.28. The second-order valence-corrected chi connectivity index (χ2v) is 8.03. The lowest BCUT2D eigenvalue weighted by molar-refractivity contribution is -0.141. The first-order valence-electron chi connectivity index (χ1n) is 10.4. The Morgan fingerprint density at radius 3 is 2.77 bits per heavy atom. The molecule has 1 fully saturated rings. The number of hydrogen-bond donors (Lipinski definition) is 1. The number of imidazole rings is 1. The third-order valence-corrected chi connectivity index (χ3v) is 5.49. The van der Waals surface area contributed by atoms with Gasteiger partial charge in [0.25, 0.3) is 5.91 Å². The Labute approximate surface area is 193 Å². The van der Waals surface area contributed by atoms with Gasteiger partial charge in [-0.3, -0.25) is 18.9 Å². The molecule has 0 radical (unpaired) electrons. The zero-order chi connectivity index (χ0) is 24.9. The van der Waals surface area contributed by atoms with Gasteiger partial charge in [-0.2, -0.15) is 18.3 Å². The van der Waals surface area contributed by atoms with Crippen LogP contribution in [0.2, 0.25) is 0 Å². The number of β-amino-alcohol motifs (C(OH)–C–C–N with tert-alkyl or cyclic N) is 1. The first-order chi connectivity index (χ1) is 16.6. The fourth-order valence-corrected chi connectivity index (χ4v) is 3.99. The van der Waals surface area contributed by atoms with Crippen LogP contribution in [0.1, 0.15) is 10.5 Å². The Morgan fingerprint density at radius 1 is 1.20 bits per heavy atom. The Hall–Kier alpha value is -3.65. The molecule has 1 atom stereocenters. The Kier molecular flexibility index (Phi) is 5.63. The second-order valence-electron chi connectivity index (χ2n) is 8.03. The van der Waals surface area contributed by atoms with E-state index in [9.17, 15) is 31.9 Å². The summed E-state index contributed by atoms with van der Waals surface area (Å²) in [5, 5.41) is 14.0. The maximum absolute atomic E-state index is 14.1. The molecule has 5 heterocycles. The summed E-state index contributed by atoms with van der Waals surface area (Å²) < 4.78 is 74.8. The van der Waals surface area contributed by atoms with Crippen molar-refractivity contribution in [2.24, 2.45) is 0 Å². The Morgan fingerprint density at radius 2 is 2.00 bits per heavy atom. The molecule has 4 aromatic rings. The van der Waals surface area contributed by atoms with Gasteiger partial charge < -0.3 is 14.7 Å². The molecule has 5 rings (SSSR count). The van der Waals surface area contributed by atoms with Crippen LogP contribution in [0.5, 0.6) is 0 Å². The van der Waals surface area contributed by atoms with E-state index in [1.165, 1.54) is 17.2 Å². The molecule has 4 aromatic heterocycles. The van der Waals surface area contributed by atoms with Crippen molar-refractivity contribution < 1.29 is 36.6 Å². The summed E-state index contributed by atoms with van der Waals surface area (Å²) in [5.41, 5.74) is -0.461. The topological polar surface area (TPSA) is 97.8 Å². The monoisotopic (exact) mass is 496 g/mol. The van der Waals surface area contributed by atoms with E-state index in [1.807, 2.05) is 0 Å². The minimum absolute atomic E-state index is 0.0233. The number of fused-ring (bicyclic) bond motifs is 2. The van der Waals surface area contributed by atoms with Crippen molar-refractivity contribution >= 4 is 22.5 Å². The predicted octanol–water partition coefficient (Wildman–Crippen LogP) is 2.42. The zero-order valence-corrected chi connectivity index (χ0v) is 17.8. The summed E-state index contributed by atoms with van der Waals surface area (Å²) in [7, 11) is 0. The van der Waals surface area contributed by atoms with Gasteiger partial charge in [0.05, 0.1) is 36.7 Å². The van der Waals surface area contributed by atoms with Gasteiger partial charge in [-0.25, -0.2) is 13.8 Å². The van der Waals surface area contributed by atoms with Crippen molar-refractivity contribution in [1.29, 1.82) is 0 Å². The third-order valence-electron chi connectivity index (χ3n) is 5.49. The highest BCUT2D eigenvalue weighted by Gasteiger charge is 2.31. The number of hydrogen-bond acceptors (Lipinski definition) is 6. The van der Waals surface area contributed by atoms with E-state index in [-0.39, 0.29) is 59.9 Å². The molecule has 0 bridgehead atoms. The fraction of sp³-hybridized carbons (Fsp3) is 0.333. The number of aliphatic hydroxyl groups excluding tert-OH is 1. The third kappa shape index (κ3) is 4.41. The molecule has 1 N–H and O–H groups in total. The number of nitrogens with zero attached hydrogens (tertiary/aromatic N) is 6. The molecule has 1 amide bonds. The molecule has 0 aromatic carbocycles. The molecule has 0 saturated carbocycles. The number of alkyl halides is 3. The van der Waals surface area contributed by atoms with Crippen LogP contribution in [-0.4, -0.2) is 78.6 Å². The minimum atomic E-state index is -4.65. The maximum Gasteiger partial charge on any atom is 0.408 e. The van der Waals surface area contributed by atoms with Crippen LogP contribution in [0, 0.1) is 11.6 Å². The fourth-order valence-electron chi connectivity index (χ4n) is 3.99. The smallest absolute Gasteiger partial charge is 0.389 e. The lowest BCUT2D eigenvalue weighted by Gasteiger charge is -2.20. The van der Waals surface area contributed by atoms with Crippen LogP contribution in [0.4, 0.5) is 22.0 Å². The average molecular weight is 496 g/mol. The maximum atomic E-state index is 14.1. The number of halogens is 5. The molecule has 0 aliphatic carbocycles. The molecule has 1 aliphatic rings. The number of amides is 1. The molecular formula is C21H17F5N6O3. The highest BCUT2D eigenvalue weighted by molar-refractivity contribution is 5.99. The van der Waals surface area contributed by atoms with Gasteiger partial charge >= 0.3 is 6.18 Å². The van der Waals surface area contributed by atoms with E-state index >= 15 is 0 Å². The van der Waals surface area contributed by atoms with Gasteiger partial charge in [-0.15, -0.1) is 0 Å². The van der Waals surface area contributed by atoms with Crippen LogP contribution < -0.4 is 0 Å². The lowest BCUT2D eigenvalue weighted by Crippen LogP contribution is -2.38. The van der Waals surface area contributed by atoms with Crippen molar-refractivity contribution in [2.45, 2.75) is 18.8 Å². The summed E-state index contributed by atoms with van der Waals surface area (Å²) >= 11 is 0. The summed E-state index contributed by atoms with van der Waals surface area (Å²) in [4.78, 5) is 22.3. The first-order valence-corrected chi connectivity index (χ1v) is 10.4. The number of ether oxygens (including phenoxy) is 1. The molecule has 9 nitrogen and oxygen atoms in total. The van der Waals surface area contributed by atoms with Crippen molar-refractivity contribution in [2.75, 3.05) is 26.3 Å². The van der Waals surface area contributed by atoms with Crippen LogP contribution >= 0.6 is 0 Å². The quantitative estimate of drug-likeness (QED) is 0.438. The number of aliphatic hydroxyl groups is 1. The van der Waals surface area contributed by atoms with E-state index in [0.717, 1.165) is 16.8 Å². The van der Waals surface area contributed by atoms with Crippen molar-refractivity contribution in [1.82, 2.24) is 29.0 Å². The largest absolute Gasteiger partial charge is 0.408 e. The van der Waals surface area contributed by atoms with E-state index < -0.39 is 36.4 Å². The standard InChI is InChI=1S/C21H17F5N6O3/c22-11-3-14(23)19-28-6-17(31(19)7-11)18-13-5-27-15(4-16(13)32(29-18)10-21(24,25)26)20(34)30-1-2-35-9-12(33)8-30/h3-7,12,33H,1-2,8-10H2. The van der Waals surface area contributed by atoms with Gasteiger partial charge in [-0.1, -0.05) is 0 Å². The number of carbonyl (C=O) groups is 1. The highest BCUT2D eigenvalue weighted by Crippen LogP contribution is 2.31. The zero-order valence-electron chi connectivity index (χ0n) is 17.8. The van der Waals surface area contributed by atoms with Crippen LogP contribution in [0.25, 0.3) is 27.9 Å². The number of rotatable bonds is 3. The Balaban J connectivity index is 1.64. The van der Waals surface area contributed by atoms with Gasteiger partial charge in [-0.05, 0) is 6.07 Å². The molecule has 14 heteroatoms. The van der Waals surface area contributed by atoms with Crippen LogP contribution in [0.3, 0.4) is 0 Å². The van der Waals surface area contributed by atoms with Gasteiger partial charge in [0.15, 0.2) is 11.5 Å². The molecule has 35 heavy (non-hydrogen) atoms. The first kappa shape index (κ1) is 23.1. The molecule has 184 valence electrons. The number of carbonyl (C=O) groups excluding carboxylic acids is 1. The highest BCUT2D eigenvalue weighted by atomic mass is 19.4. The number of aromatic nitrogens is 5. The van der Waals surface area contributed by atoms with Crippen molar-refractivity contribution in [3.05, 3.63) is 48.1 Å². The summed E-state index contributed by atoms with van der Waals surface area (Å²) in [6, 6.07) is 1.80. The van der Waals surface area contributed by atoms with Crippen LogP contribution in [-0.2, 0) is 11.3 Å². The predicted molar refractivity (Wildman–Crippen MR) is 110 cm³/mol. The van der Waals surface area contributed by atoms with Gasteiger partial charge in [0.2, 0.25) is 0 Å². The summed E-state index contributed by atoms with van der Waals surface area (Å²) in [6.45, 7) is -1.09. The van der Waals surface area contributed by atoms with E-state index in [1.54, 1.807) is 0 Å². The molecular weight excluding hydrogens is 479 g/mol. The van der Waals surface area contributed by atoms with Gasteiger partial charge in [0, 0.05) is 36.9 Å². The molecule has 1 saturated heterocycles. The molecule has 0 spiro atoms. The summed E-state index contributed by atoms with van der Waals surface area (Å²) in [5.74, 6) is -2.47. The normalized spacial score (nSPS) is 17.3. The number of pyridine rings is 2. The second kappa shape index (κ2) is 8.53.